The fourth-order valence-electron chi connectivity index (χ4n) is 2.94. The van der Waals surface area contributed by atoms with Crippen molar-refractivity contribution in [1.29, 1.82) is 0 Å². The van der Waals surface area contributed by atoms with Crippen molar-refractivity contribution >= 4 is 56.3 Å². The van der Waals surface area contributed by atoms with Crippen molar-refractivity contribution in [3.63, 3.8) is 0 Å². The molecule has 2 heterocycles. The fourth-order valence-corrected chi connectivity index (χ4v) is 4.15. The number of anilines is 2. The second-order valence-electron chi connectivity index (χ2n) is 6.58. The molecule has 4 rings (SSSR count). The quantitative estimate of drug-likeness (QED) is 0.375. The van der Waals surface area contributed by atoms with Crippen molar-refractivity contribution in [2.45, 2.75) is 19.8 Å². The van der Waals surface area contributed by atoms with Gasteiger partial charge in [0.15, 0.2) is 0 Å². The summed E-state index contributed by atoms with van der Waals surface area (Å²) in [6.45, 7) is 4.39. The third-order valence-electron chi connectivity index (χ3n) is 4.44. The summed E-state index contributed by atoms with van der Waals surface area (Å²) in [5, 5.41) is 7.51. The molecule has 0 fully saturated rings. The molecule has 136 valence electrons. The maximum Gasteiger partial charge on any atom is 0.143 e. The second kappa shape index (κ2) is 7.47. The van der Waals surface area contributed by atoms with E-state index < -0.39 is 0 Å². The van der Waals surface area contributed by atoms with E-state index >= 15 is 0 Å². The number of halogens is 2. The zero-order chi connectivity index (χ0) is 19.0. The molecule has 0 saturated carbocycles. The minimum Gasteiger partial charge on any atom is -0.340 e. The van der Waals surface area contributed by atoms with E-state index in [9.17, 15) is 0 Å². The van der Waals surface area contributed by atoms with Crippen LogP contribution in [0.1, 0.15) is 25.3 Å². The first-order valence-corrected chi connectivity index (χ1v) is 10.2. The molecule has 0 aliphatic carbocycles. The molecule has 3 nitrogen and oxygen atoms in total. The highest BCUT2D eigenvalue weighted by Gasteiger charge is 2.14. The summed E-state index contributed by atoms with van der Waals surface area (Å²) < 4.78 is 0. The van der Waals surface area contributed by atoms with Gasteiger partial charge in [0.05, 0.1) is 15.4 Å². The van der Waals surface area contributed by atoms with Crippen LogP contribution in [0, 0.1) is 0 Å². The van der Waals surface area contributed by atoms with Crippen molar-refractivity contribution in [3.8, 4) is 11.1 Å². The topological polar surface area (TPSA) is 37.8 Å². The molecule has 0 saturated heterocycles. The Bertz CT molecular complexity index is 1100. The summed E-state index contributed by atoms with van der Waals surface area (Å²) in [5.41, 5.74) is 4.42. The van der Waals surface area contributed by atoms with Gasteiger partial charge in [0, 0.05) is 16.6 Å². The van der Waals surface area contributed by atoms with Crippen LogP contribution in [0.4, 0.5) is 11.5 Å². The minimum atomic E-state index is 0.502. The third kappa shape index (κ3) is 3.65. The van der Waals surface area contributed by atoms with Crippen LogP contribution in [0.2, 0.25) is 10.0 Å². The zero-order valence-electron chi connectivity index (χ0n) is 14.8. The largest absolute Gasteiger partial charge is 0.340 e. The van der Waals surface area contributed by atoms with E-state index in [2.05, 4.69) is 58.8 Å². The van der Waals surface area contributed by atoms with E-state index in [0.29, 0.717) is 16.0 Å². The Morgan fingerprint density at radius 2 is 1.74 bits per heavy atom. The smallest absolute Gasteiger partial charge is 0.143 e. The molecule has 27 heavy (non-hydrogen) atoms. The molecule has 0 spiro atoms. The third-order valence-corrected chi connectivity index (χ3v) is 6.07. The van der Waals surface area contributed by atoms with Gasteiger partial charge in [-0.3, -0.25) is 0 Å². The average Bonchev–Trinajstić information content (AvgIpc) is 3.10. The summed E-state index contributed by atoms with van der Waals surface area (Å²) >= 11 is 13.8. The summed E-state index contributed by atoms with van der Waals surface area (Å²) in [6.07, 6.45) is 1.57. The van der Waals surface area contributed by atoms with Gasteiger partial charge < -0.3 is 5.32 Å². The Hall–Kier alpha value is -2.14. The maximum absolute atomic E-state index is 6.14. The van der Waals surface area contributed by atoms with E-state index in [0.717, 1.165) is 32.8 Å². The molecular weight excluding hydrogens is 397 g/mol. The monoisotopic (exact) mass is 413 g/mol. The van der Waals surface area contributed by atoms with Crippen molar-refractivity contribution in [2.24, 2.45) is 0 Å². The predicted octanol–water partition coefficient (Wildman–Crippen LogP) is 7.53. The van der Waals surface area contributed by atoms with E-state index in [1.54, 1.807) is 29.8 Å². The minimum absolute atomic E-state index is 0.502. The lowest BCUT2D eigenvalue weighted by Crippen LogP contribution is -1.95. The zero-order valence-corrected chi connectivity index (χ0v) is 17.2. The van der Waals surface area contributed by atoms with Crippen LogP contribution in [0.25, 0.3) is 21.3 Å². The molecular formula is C21H17Cl2N3S. The molecule has 0 unspecified atom stereocenters. The molecule has 2 aromatic heterocycles. The van der Waals surface area contributed by atoms with Crippen molar-refractivity contribution in [3.05, 3.63) is 69.8 Å². The number of hydrogen-bond donors (Lipinski definition) is 1. The summed E-state index contributed by atoms with van der Waals surface area (Å²) in [6, 6.07) is 14.1. The molecule has 4 aromatic rings. The normalized spacial score (nSPS) is 11.3. The second-order valence-corrected chi connectivity index (χ2v) is 8.25. The lowest BCUT2D eigenvalue weighted by Gasteiger charge is -2.10. The van der Waals surface area contributed by atoms with Crippen LogP contribution < -0.4 is 5.32 Å². The van der Waals surface area contributed by atoms with Gasteiger partial charge in [0.25, 0.3) is 0 Å². The van der Waals surface area contributed by atoms with Crippen LogP contribution >= 0.6 is 34.5 Å². The number of hydrogen-bond acceptors (Lipinski definition) is 4. The van der Waals surface area contributed by atoms with E-state index in [-0.39, 0.29) is 0 Å². The average molecular weight is 414 g/mol. The summed E-state index contributed by atoms with van der Waals surface area (Å²) in [7, 11) is 0. The Labute approximate surface area is 172 Å². The highest BCUT2D eigenvalue weighted by molar-refractivity contribution is 7.17. The van der Waals surface area contributed by atoms with Gasteiger partial charge in [0.1, 0.15) is 17.0 Å². The number of thiophene rings is 1. The van der Waals surface area contributed by atoms with E-state index in [4.69, 9.17) is 23.2 Å². The fraction of sp³-hybridized carbons (Fsp3) is 0.143. The van der Waals surface area contributed by atoms with Gasteiger partial charge in [-0.25, -0.2) is 9.97 Å². The SMILES string of the molecule is CC(C)c1ccc(-c2csc3ncnc(Nc4ccc(Cl)c(Cl)c4)c23)cc1. The first-order chi connectivity index (χ1) is 13.0. The van der Waals surface area contributed by atoms with Crippen LogP contribution in [0.15, 0.2) is 54.2 Å². The van der Waals surface area contributed by atoms with Crippen LogP contribution in [0.3, 0.4) is 0 Å². The number of nitrogens with one attached hydrogen (secondary N) is 1. The van der Waals surface area contributed by atoms with Crippen molar-refractivity contribution in [1.82, 2.24) is 9.97 Å². The summed E-state index contributed by atoms with van der Waals surface area (Å²) in [4.78, 5) is 9.83. The molecule has 0 radical (unpaired) electrons. The van der Waals surface area contributed by atoms with E-state index in [1.165, 1.54) is 5.56 Å². The number of fused-ring (bicyclic) bond motifs is 1. The lowest BCUT2D eigenvalue weighted by molar-refractivity contribution is 0.867. The standard InChI is InChI=1S/C21H17Cl2N3S/c1-12(2)13-3-5-14(6-4-13)16-10-27-21-19(16)20(24-11-25-21)26-15-7-8-17(22)18(23)9-15/h3-12H,1-2H3,(H,24,25,26). The highest BCUT2D eigenvalue weighted by Crippen LogP contribution is 2.38. The van der Waals surface area contributed by atoms with Crippen LogP contribution in [-0.4, -0.2) is 9.97 Å². The van der Waals surface area contributed by atoms with Gasteiger partial charge in [-0.1, -0.05) is 61.3 Å². The molecule has 0 bridgehead atoms. The number of aromatic nitrogens is 2. The summed E-state index contributed by atoms with van der Waals surface area (Å²) in [5.74, 6) is 1.26. The first-order valence-electron chi connectivity index (χ1n) is 8.57. The Morgan fingerprint density at radius 3 is 2.44 bits per heavy atom. The Balaban J connectivity index is 1.78. The number of benzene rings is 2. The van der Waals surface area contributed by atoms with Crippen molar-refractivity contribution in [2.75, 3.05) is 5.32 Å². The Morgan fingerprint density at radius 1 is 0.963 bits per heavy atom. The molecule has 0 aliphatic rings. The maximum atomic E-state index is 6.14. The molecule has 0 aliphatic heterocycles. The lowest BCUT2D eigenvalue weighted by atomic mass is 9.99. The van der Waals surface area contributed by atoms with Gasteiger partial charge in [-0.15, -0.1) is 11.3 Å². The van der Waals surface area contributed by atoms with Gasteiger partial charge in [-0.05, 0) is 35.2 Å². The highest BCUT2D eigenvalue weighted by atomic mass is 35.5. The molecule has 6 heteroatoms. The van der Waals surface area contributed by atoms with Gasteiger partial charge in [0.2, 0.25) is 0 Å². The Kier molecular flexibility index (Phi) is 5.04. The molecule has 0 amide bonds. The molecule has 0 atom stereocenters. The first kappa shape index (κ1) is 18.2. The van der Waals surface area contributed by atoms with Gasteiger partial charge >= 0.3 is 0 Å². The molecule has 2 aromatic carbocycles. The number of rotatable bonds is 4. The number of nitrogens with zero attached hydrogens (tertiary/aromatic N) is 2. The van der Waals surface area contributed by atoms with Gasteiger partial charge in [-0.2, -0.15) is 0 Å². The van der Waals surface area contributed by atoms with Crippen LogP contribution in [-0.2, 0) is 0 Å². The van der Waals surface area contributed by atoms with E-state index in [1.807, 2.05) is 6.07 Å². The molecule has 1 N–H and O–H groups in total. The van der Waals surface area contributed by atoms with Crippen LogP contribution in [0.5, 0.6) is 0 Å². The van der Waals surface area contributed by atoms with Crippen molar-refractivity contribution < 1.29 is 0 Å². The predicted molar refractivity (Wildman–Crippen MR) is 117 cm³/mol.